The van der Waals surface area contributed by atoms with Gasteiger partial charge in [0.1, 0.15) is 0 Å². The van der Waals surface area contributed by atoms with Crippen molar-refractivity contribution in [2.45, 2.75) is 18.8 Å². The molecule has 1 atom stereocenters. The van der Waals surface area contributed by atoms with Gasteiger partial charge in [0.25, 0.3) is 0 Å². The third-order valence-corrected chi connectivity index (χ3v) is 2.95. The van der Waals surface area contributed by atoms with Crippen molar-refractivity contribution in [3.05, 3.63) is 66.0 Å². The van der Waals surface area contributed by atoms with Gasteiger partial charge in [0.05, 0.1) is 5.92 Å². The number of hydrogen-bond acceptors (Lipinski definition) is 2. The Morgan fingerprint density at radius 2 is 1.94 bits per heavy atom. The summed E-state index contributed by atoms with van der Waals surface area (Å²) in [7, 11) is 0. The molecule has 0 radical (unpaired) electrons. The first-order chi connectivity index (χ1) is 8.77. The van der Waals surface area contributed by atoms with Crippen LogP contribution in [0.5, 0.6) is 0 Å². The monoisotopic (exact) mass is 241 g/mol. The van der Waals surface area contributed by atoms with Crippen LogP contribution in [0.25, 0.3) is 0 Å². The largest absolute Gasteiger partial charge is 0.481 e. The molecule has 18 heavy (non-hydrogen) atoms. The average molecular weight is 241 g/mol. The van der Waals surface area contributed by atoms with Crippen molar-refractivity contribution >= 4 is 5.97 Å². The average Bonchev–Trinajstić information content (AvgIpc) is 2.41. The maximum atomic E-state index is 11.3. The molecule has 1 heterocycles. The highest BCUT2D eigenvalue weighted by atomic mass is 16.4. The van der Waals surface area contributed by atoms with Crippen LogP contribution in [0.15, 0.2) is 54.9 Å². The van der Waals surface area contributed by atoms with E-state index in [4.69, 9.17) is 0 Å². The molecule has 3 nitrogen and oxygen atoms in total. The highest BCUT2D eigenvalue weighted by molar-refractivity contribution is 5.75. The minimum atomic E-state index is -0.793. The second kappa shape index (κ2) is 5.96. The summed E-state index contributed by atoms with van der Waals surface area (Å²) in [6.45, 7) is 0. The van der Waals surface area contributed by atoms with E-state index < -0.39 is 11.9 Å². The molecule has 0 saturated carbocycles. The van der Waals surface area contributed by atoms with E-state index in [0.29, 0.717) is 6.42 Å². The molecule has 0 aliphatic heterocycles. The topological polar surface area (TPSA) is 50.2 Å². The van der Waals surface area contributed by atoms with Gasteiger partial charge in [-0.3, -0.25) is 9.78 Å². The second-order valence-corrected chi connectivity index (χ2v) is 4.20. The first-order valence-electron chi connectivity index (χ1n) is 5.94. The minimum absolute atomic E-state index is 0.487. The number of aromatic nitrogens is 1. The van der Waals surface area contributed by atoms with Gasteiger partial charge in [-0.2, -0.15) is 0 Å². The van der Waals surface area contributed by atoms with Crippen LogP contribution in [0.2, 0.25) is 0 Å². The highest BCUT2D eigenvalue weighted by Crippen LogP contribution is 2.21. The zero-order chi connectivity index (χ0) is 12.8. The fourth-order valence-corrected chi connectivity index (χ4v) is 1.97. The number of aliphatic carboxylic acids is 1. The normalized spacial score (nSPS) is 12.0. The maximum Gasteiger partial charge on any atom is 0.311 e. The van der Waals surface area contributed by atoms with Crippen LogP contribution in [-0.4, -0.2) is 16.1 Å². The van der Waals surface area contributed by atoms with Crippen molar-refractivity contribution in [1.29, 1.82) is 0 Å². The number of carboxylic acid groups (broad SMARTS) is 1. The lowest BCUT2D eigenvalue weighted by Crippen LogP contribution is -2.12. The van der Waals surface area contributed by atoms with E-state index in [2.05, 4.69) is 4.98 Å². The highest BCUT2D eigenvalue weighted by Gasteiger charge is 2.19. The van der Waals surface area contributed by atoms with Crippen molar-refractivity contribution in [3.63, 3.8) is 0 Å². The van der Waals surface area contributed by atoms with E-state index in [1.54, 1.807) is 18.5 Å². The lowest BCUT2D eigenvalue weighted by Gasteiger charge is -2.12. The first kappa shape index (κ1) is 12.3. The summed E-state index contributed by atoms with van der Waals surface area (Å²) in [5.41, 5.74) is 1.92. The first-order valence-corrected chi connectivity index (χ1v) is 5.94. The van der Waals surface area contributed by atoms with Crippen molar-refractivity contribution in [1.82, 2.24) is 4.98 Å². The van der Waals surface area contributed by atoms with Gasteiger partial charge in [0.15, 0.2) is 0 Å². The Morgan fingerprint density at radius 3 is 2.56 bits per heavy atom. The molecule has 1 N–H and O–H groups in total. The summed E-state index contributed by atoms with van der Waals surface area (Å²) in [6.07, 6.45) is 4.63. The Labute approximate surface area is 106 Å². The molecule has 0 bridgehead atoms. The maximum absolute atomic E-state index is 11.3. The summed E-state index contributed by atoms with van der Waals surface area (Å²) in [5, 5.41) is 9.28. The number of carboxylic acids is 1. The van der Waals surface area contributed by atoms with Gasteiger partial charge >= 0.3 is 5.97 Å². The standard InChI is InChI=1S/C15H15NO2/c17-15(18)14(13-7-4-10-16-11-13)9-8-12-5-2-1-3-6-12/h1-7,10-11,14H,8-9H2,(H,17,18). The Morgan fingerprint density at radius 1 is 1.17 bits per heavy atom. The minimum Gasteiger partial charge on any atom is -0.481 e. The summed E-state index contributed by atoms with van der Waals surface area (Å²) in [4.78, 5) is 15.3. The Balaban J connectivity index is 2.06. The van der Waals surface area contributed by atoms with Gasteiger partial charge in [-0.05, 0) is 30.0 Å². The molecular formula is C15H15NO2. The number of benzene rings is 1. The fraction of sp³-hybridized carbons (Fsp3) is 0.200. The van der Waals surface area contributed by atoms with Gasteiger partial charge in [0, 0.05) is 12.4 Å². The van der Waals surface area contributed by atoms with E-state index in [9.17, 15) is 9.90 Å². The third kappa shape index (κ3) is 3.17. The molecule has 0 fully saturated rings. The van der Waals surface area contributed by atoms with E-state index in [-0.39, 0.29) is 0 Å². The van der Waals surface area contributed by atoms with Crippen LogP contribution >= 0.6 is 0 Å². The Kier molecular flexibility index (Phi) is 4.07. The van der Waals surface area contributed by atoms with Crippen LogP contribution in [-0.2, 0) is 11.2 Å². The molecule has 1 aromatic carbocycles. The molecule has 0 aliphatic carbocycles. The van der Waals surface area contributed by atoms with E-state index in [1.807, 2.05) is 36.4 Å². The molecular weight excluding hydrogens is 226 g/mol. The molecule has 2 aromatic rings. The molecule has 3 heteroatoms. The van der Waals surface area contributed by atoms with E-state index >= 15 is 0 Å². The molecule has 0 amide bonds. The summed E-state index contributed by atoms with van der Waals surface area (Å²) in [6, 6.07) is 13.5. The third-order valence-electron chi connectivity index (χ3n) is 2.95. The van der Waals surface area contributed by atoms with Crippen LogP contribution < -0.4 is 0 Å². The van der Waals surface area contributed by atoms with Crippen molar-refractivity contribution in [2.75, 3.05) is 0 Å². The Hall–Kier alpha value is -2.16. The van der Waals surface area contributed by atoms with Crippen molar-refractivity contribution in [2.24, 2.45) is 0 Å². The number of nitrogens with zero attached hydrogens (tertiary/aromatic N) is 1. The van der Waals surface area contributed by atoms with Gasteiger partial charge in [-0.15, -0.1) is 0 Å². The van der Waals surface area contributed by atoms with Crippen LogP contribution in [0.3, 0.4) is 0 Å². The molecule has 0 saturated heterocycles. The van der Waals surface area contributed by atoms with E-state index in [1.165, 1.54) is 0 Å². The lowest BCUT2D eigenvalue weighted by molar-refractivity contribution is -0.138. The smallest absolute Gasteiger partial charge is 0.311 e. The van der Waals surface area contributed by atoms with Crippen molar-refractivity contribution < 1.29 is 9.90 Å². The number of carbonyl (C=O) groups is 1. The van der Waals surface area contributed by atoms with Crippen LogP contribution in [0.4, 0.5) is 0 Å². The van der Waals surface area contributed by atoms with Gasteiger partial charge in [-0.25, -0.2) is 0 Å². The van der Waals surface area contributed by atoms with Crippen molar-refractivity contribution in [3.8, 4) is 0 Å². The summed E-state index contributed by atoms with van der Waals surface area (Å²) in [5.74, 6) is -1.28. The zero-order valence-electron chi connectivity index (χ0n) is 9.99. The summed E-state index contributed by atoms with van der Waals surface area (Å²) >= 11 is 0. The number of aryl methyl sites for hydroxylation is 1. The SMILES string of the molecule is O=C(O)C(CCc1ccccc1)c1cccnc1. The van der Waals surface area contributed by atoms with Crippen LogP contribution in [0, 0.1) is 0 Å². The van der Waals surface area contributed by atoms with Gasteiger partial charge in [-0.1, -0.05) is 36.4 Å². The predicted molar refractivity (Wildman–Crippen MR) is 69.4 cm³/mol. The lowest BCUT2D eigenvalue weighted by atomic mass is 9.93. The van der Waals surface area contributed by atoms with E-state index in [0.717, 1.165) is 17.5 Å². The number of hydrogen-bond donors (Lipinski definition) is 1. The number of rotatable bonds is 5. The number of pyridine rings is 1. The van der Waals surface area contributed by atoms with Crippen LogP contribution in [0.1, 0.15) is 23.5 Å². The quantitative estimate of drug-likeness (QED) is 0.875. The zero-order valence-corrected chi connectivity index (χ0v) is 9.99. The molecule has 1 unspecified atom stereocenters. The summed E-state index contributed by atoms with van der Waals surface area (Å²) < 4.78 is 0. The molecule has 2 rings (SSSR count). The second-order valence-electron chi connectivity index (χ2n) is 4.20. The predicted octanol–water partition coefficient (Wildman–Crippen LogP) is 2.88. The molecule has 1 aromatic heterocycles. The molecule has 0 aliphatic rings. The van der Waals surface area contributed by atoms with Gasteiger partial charge < -0.3 is 5.11 Å². The molecule has 92 valence electrons. The van der Waals surface area contributed by atoms with Gasteiger partial charge in [0.2, 0.25) is 0 Å². The fourth-order valence-electron chi connectivity index (χ4n) is 1.97. The molecule has 0 spiro atoms. The Bertz CT molecular complexity index is 496.